The number of nitrogens with zero attached hydrogens (tertiary/aromatic N) is 2. The number of carboxylic acids is 1. The van der Waals surface area contributed by atoms with E-state index in [1.807, 2.05) is 0 Å². The number of halogens is 9. The van der Waals surface area contributed by atoms with Crippen molar-refractivity contribution in [3.63, 3.8) is 0 Å². The maximum Gasteiger partial charge on any atom is 0.573 e. The van der Waals surface area contributed by atoms with Gasteiger partial charge in [-0.15, -0.1) is 39.5 Å². The van der Waals surface area contributed by atoms with Gasteiger partial charge in [0.15, 0.2) is 0 Å². The minimum atomic E-state index is -5.27. The Hall–Kier alpha value is -5.94. The van der Waals surface area contributed by atoms with E-state index in [0.717, 1.165) is 24.3 Å². The molecule has 5 rings (SSSR count). The standard InChI is InChI=1S/C33H22F9N3O6/c34-31(35,36)49-24-8-7-19-5-6-21(11-22(19)12-24)28-16-27(23-13-25(50-32(37,38)39)15-26(14-23)51-33(40,41)42)44-45(28)17-18-1-3-20(4-2-18)30(48)43-10-9-29(46)47/h1-8,11-16H,9-10,17H2,(H,43,48)(H,46,47). The summed E-state index contributed by atoms with van der Waals surface area (Å²) in [5.41, 5.74) is 0.888. The van der Waals surface area contributed by atoms with Gasteiger partial charge in [0.05, 0.1) is 24.4 Å². The zero-order chi connectivity index (χ0) is 37.1. The topological polar surface area (TPSA) is 112 Å². The number of carbonyl (C=O) groups excluding carboxylic acids is 1. The second-order valence-electron chi connectivity index (χ2n) is 10.7. The van der Waals surface area contributed by atoms with Crippen LogP contribution in [0.25, 0.3) is 33.3 Å². The van der Waals surface area contributed by atoms with Crippen LogP contribution in [0.4, 0.5) is 39.5 Å². The first-order valence-corrected chi connectivity index (χ1v) is 14.4. The zero-order valence-electron chi connectivity index (χ0n) is 25.5. The number of aliphatic carboxylic acids is 1. The summed E-state index contributed by atoms with van der Waals surface area (Å²) in [6, 6.07) is 17.5. The van der Waals surface area contributed by atoms with Crippen molar-refractivity contribution in [3.8, 4) is 39.8 Å². The first-order chi connectivity index (χ1) is 23.8. The summed E-state index contributed by atoms with van der Waals surface area (Å²) in [4.78, 5) is 23.1. The zero-order valence-corrected chi connectivity index (χ0v) is 25.5. The summed E-state index contributed by atoms with van der Waals surface area (Å²) in [5, 5.41) is 16.4. The Morgan fingerprint density at radius 3 is 1.84 bits per heavy atom. The number of ether oxygens (including phenoxy) is 3. The van der Waals surface area contributed by atoms with E-state index in [0.29, 0.717) is 28.0 Å². The maximum absolute atomic E-state index is 13.1. The van der Waals surface area contributed by atoms with Crippen molar-refractivity contribution in [3.05, 3.63) is 96.1 Å². The van der Waals surface area contributed by atoms with Crippen molar-refractivity contribution < 1.29 is 68.4 Å². The molecule has 1 amide bonds. The van der Waals surface area contributed by atoms with Gasteiger partial charge in [0, 0.05) is 29.3 Å². The molecule has 0 aliphatic carbocycles. The second kappa shape index (κ2) is 14.1. The van der Waals surface area contributed by atoms with E-state index >= 15 is 0 Å². The van der Waals surface area contributed by atoms with Crippen LogP contribution in [0.2, 0.25) is 0 Å². The molecular formula is C33H22F9N3O6. The van der Waals surface area contributed by atoms with Crippen molar-refractivity contribution in [2.45, 2.75) is 32.1 Å². The normalized spacial score (nSPS) is 12.1. The molecule has 0 fully saturated rings. The molecule has 0 aliphatic rings. The van der Waals surface area contributed by atoms with E-state index in [4.69, 9.17) is 5.11 Å². The molecule has 0 saturated carbocycles. The number of benzene rings is 4. The lowest BCUT2D eigenvalue weighted by Gasteiger charge is -2.14. The average molecular weight is 728 g/mol. The highest BCUT2D eigenvalue weighted by atomic mass is 19.4. The number of carbonyl (C=O) groups is 2. The van der Waals surface area contributed by atoms with Gasteiger partial charge in [-0.3, -0.25) is 14.3 Å². The predicted octanol–water partition coefficient (Wildman–Crippen LogP) is 8.32. The van der Waals surface area contributed by atoms with E-state index in [1.54, 1.807) is 12.1 Å². The molecule has 268 valence electrons. The first-order valence-electron chi connectivity index (χ1n) is 14.4. The summed E-state index contributed by atoms with van der Waals surface area (Å²) >= 11 is 0. The lowest BCUT2D eigenvalue weighted by molar-refractivity contribution is -0.277. The Morgan fingerprint density at radius 2 is 1.25 bits per heavy atom. The number of alkyl halides is 9. The highest BCUT2D eigenvalue weighted by Crippen LogP contribution is 2.37. The molecule has 0 bridgehead atoms. The molecule has 51 heavy (non-hydrogen) atoms. The van der Waals surface area contributed by atoms with Gasteiger partial charge in [-0.05, 0) is 64.9 Å². The van der Waals surface area contributed by atoms with Crippen LogP contribution >= 0.6 is 0 Å². The largest absolute Gasteiger partial charge is 0.573 e. The summed E-state index contributed by atoms with van der Waals surface area (Å²) in [6.45, 7) is -0.188. The molecule has 0 unspecified atom stereocenters. The monoisotopic (exact) mass is 727 g/mol. The van der Waals surface area contributed by atoms with E-state index < -0.39 is 48.2 Å². The number of hydrogen-bond donors (Lipinski definition) is 2. The van der Waals surface area contributed by atoms with Gasteiger partial charge in [0.1, 0.15) is 17.2 Å². The van der Waals surface area contributed by atoms with Crippen molar-refractivity contribution in [1.82, 2.24) is 15.1 Å². The molecule has 1 heterocycles. The van der Waals surface area contributed by atoms with Crippen molar-refractivity contribution in [1.29, 1.82) is 0 Å². The molecular weight excluding hydrogens is 705 g/mol. The lowest BCUT2D eigenvalue weighted by Crippen LogP contribution is -2.25. The van der Waals surface area contributed by atoms with Gasteiger partial charge in [0.2, 0.25) is 0 Å². The van der Waals surface area contributed by atoms with Crippen LogP contribution in [0.1, 0.15) is 22.3 Å². The highest BCUT2D eigenvalue weighted by molar-refractivity contribution is 5.94. The first kappa shape index (κ1) is 36.3. The Bertz CT molecular complexity index is 2020. The molecule has 18 heteroatoms. The average Bonchev–Trinajstić information content (AvgIpc) is 3.42. The van der Waals surface area contributed by atoms with Crippen LogP contribution in [0.5, 0.6) is 17.2 Å². The number of fused-ring (bicyclic) bond motifs is 1. The molecule has 4 aromatic carbocycles. The van der Waals surface area contributed by atoms with Crippen molar-refractivity contribution >= 4 is 22.6 Å². The predicted molar refractivity (Wildman–Crippen MR) is 161 cm³/mol. The number of aromatic nitrogens is 2. The minimum absolute atomic E-state index is 0.0733. The van der Waals surface area contributed by atoms with Gasteiger partial charge in [-0.2, -0.15) is 5.10 Å². The number of nitrogens with one attached hydrogen (secondary N) is 1. The number of amides is 1. The third-order valence-corrected chi connectivity index (χ3v) is 6.94. The van der Waals surface area contributed by atoms with Gasteiger partial charge in [-0.25, -0.2) is 0 Å². The molecule has 0 radical (unpaired) electrons. The molecule has 0 atom stereocenters. The third-order valence-electron chi connectivity index (χ3n) is 6.94. The number of rotatable bonds is 11. The van der Waals surface area contributed by atoms with E-state index in [1.165, 1.54) is 47.1 Å². The summed E-state index contributed by atoms with van der Waals surface area (Å²) < 4.78 is 130. The Labute approximate surface area is 280 Å². The van der Waals surface area contributed by atoms with Gasteiger partial charge in [0.25, 0.3) is 5.91 Å². The minimum Gasteiger partial charge on any atom is -0.481 e. The molecule has 0 spiro atoms. The van der Waals surface area contributed by atoms with Crippen LogP contribution in [0, 0.1) is 0 Å². The fraction of sp³-hybridized carbons (Fsp3) is 0.182. The van der Waals surface area contributed by atoms with Crippen LogP contribution < -0.4 is 19.5 Å². The smallest absolute Gasteiger partial charge is 0.481 e. The fourth-order valence-corrected chi connectivity index (χ4v) is 4.92. The molecule has 1 aromatic heterocycles. The van der Waals surface area contributed by atoms with E-state index in [9.17, 15) is 49.1 Å². The van der Waals surface area contributed by atoms with E-state index in [2.05, 4.69) is 24.6 Å². The SMILES string of the molecule is O=C(O)CCNC(=O)c1ccc(Cn2nc(-c3cc(OC(F)(F)F)cc(OC(F)(F)F)c3)cc2-c2ccc3ccc(OC(F)(F)F)cc3c2)cc1. The highest BCUT2D eigenvalue weighted by Gasteiger charge is 2.34. The molecule has 2 N–H and O–H groups in total. The fourth-order valence-electron chi connectivity index (χ4n) is 4.92. The van der Waals surface area contributed by atoms with Crippen molar-refractivity contribution in [2.24, 2.45) is 0 Å². The van der Waals surface area contributed by atoms with Gasteiger partial charge < -0.3 is 24.6 Å². The van der Waals surface area contributed by atoms with Crippen LogP contribution in [-0.2, 0) is 11.3 Å². The van der Waals surface area contributed by atoms with Crippen LogP contribution in [0.3, 0.4) is 0 Å². The quantitative estimate of drug-likeness (QED) is 0.132. The number of carboxylic acid groups (broad SMARTS) is 1. The molecule has 5 aromatic rings. The summed E-state index contributed by atoms with van der Waals surface area (Å²) in [6.07, 6.45) is -15.8. The van der Waals surface area contributed by atoms with Crippen LogP contribution in [0.15, 0.2) is 84.9 Å². The molecule has 0 saturated heterocycles. The lowest BCUT2D eigenvalue weighted by atomic mass is 10.0. The Kier molecular flexibility index (Phi) is 10.1. The van der Waals surface area contributed by atoms with Gasteiger partial charge >= 0.3 is 25.1 Å². The maximum atomic E-state index is 13.1. The van der Waals surface area contributed by atoms with Gasteiger partial charge in [-0.1, -0.05) is 30.3 Å². The Balaban J connectivity index is 1.57. The third kappa shape index (κ3) is 10.3. The second-order valence-corrected chi connectivity index (χ2v) is 10.7. The van der Waals surface area contributed by atoms with Crippen molar-refractivity contribution in [2.75, 3.05) is 6.54 Å². The van der Waals surface area contributed by atoms with E-state index in [-0.39, 0.29) is 42.0 Å². The van der Waals surface area contributed by atoms with Crippen LogP contribution in [-0.4, -0.2) is 52.4 Å². The summed E-state index contributed by atoms with van der Waals surface area (Å²) in [7, 11) is 0. The molecule has 9 nitrogen and oxygen atoms in total. The number of hydrogen-bond acceptors (Lipinski definition) is 6. The summed E-state index contributed by atoms with van der Waals surface area (Å²) in [5.74, 6) is -4.23. The molecule has 0 aliphatic heterocycles. The Morgan fingerprint density at radius 1 is 0.667 bits per heavy atom.